The standard InChI is InChI=1S/C21H20O5/c1-14-7-9-16(10-8-14)18(19(21(25)26)13-20(23)24)12-17(22)11-15-5-3-2-4-6-15/h2-10H,11-13H2,1H3,(H,23,24)(H,25,26). The van der Waals surface area contributed by atoms with Crippen LogP contribution in [0.5, 0.6) is 0 Å². The fourth-order valence-electron chi connectivity index (χ4n) is 2.68. The minimum absolute atomic E-state index is 0.132. The van der Waals surface area contributed by atoms with E-state index in [-0.39, 0.29) is 29.8 Å². The van der Waals surface area contributed by atoms with E-state index >= 15 is 0 Å². The fourth-order valence-corrected chi connectivity index (χ4v) is 2.68. The van der Waals surface area contributed by atoms with Gasteiger partial charge < -0.3 is 10.2 Å². The molecule has 26 heavy (non-hydrogen) atoms. The molecule has 0 heterocycles. The van der Waals surface area contributed by atoms with Crippen molar-refractivity contribution in [2.75, 3.05) is 0 Å². The van der Waals surface area contributed by atoms with Gasteiger partial charge >= 0.3 is 11.9 Å². The van der Waals surface area contributed by atoms with Crippen LogP contribution in [-0.4, -0.2) is 27.9 Å². The second-order valence-corrected chi connectivity index (χ2v) is 6.08. The highest BCUT2D eigenvalue weighted by atomic mass is 16.4. The molecule has 0 aliphatic heterocycles. The van der Waals surface area contributed by atoms with Gasteiger partial charge in [-0.05, 0) is 23.6 Å². The number of ketones is 1. The van der Waals surface area contributed by atoms with Crippen molar-refractivity contribution in [2.45, 2.75) is 26.2 Å². The summed E-state index contributed by atoms with van der Waals surface area (Å²) in [4.78, 5) is 35.2. The molecular weight excluding hydrogens is 332 g/mol. The van der Waals surface area contributed by atoms with E-state index in [0.717, 1.165) is 11.1 Å². The van der Waals surface area contributed by atoms with Crippen molar-refractivity contribution >= 4 is 23.3 Å². The van der Waals surface area contributed by atoms with Gasteiger partial charge in [0, 0.05) is 12.8 Å². The summed E-state index contributed by atoms with van der Waals surface area (Å²) < 4.78 is 0. The van der Waals surface area contributed by atoms with Crippen molar-refractivity contribution in [3.63, 3.8) is 0 Å². The number of carbonyl (C=O) groups is 3. The van der Waals surface area contributed by atoms with E-state index < -0.39 is 18.4 Å². The first-order valence-corrected chi connectivity index (χ1v) is 8.16. The molecule has 2 aromatic carbocycles. The van der Waals surface area contributed by atoms with Gasteiger partial charge in [-0.3, -0.25) is 9.59 Å². The van der Waals surface area contributed by atoms with Crippen molar-refractivity contribution in [1.29, 1.82) is 0 Å². The normalized spacial score (nSPS) is 11.6. The molecule has 0 fully saturated rings. The number of benzene rings is 2. The SMILES string of the molecule is Cc1ccc(C(CC(=O)Cc2ccccc2)=C(CC(=O)O)C(=O)O)cc1. The summed E-state index contributed by atoms with van der Waals surface area (Å²) in [6.45, 7) is 1.89. The van der Waals surface area contributed by atoms with E-state index in [1.165, 1.54) is 0 Å². The summed E-state index contributed by atoms with van der Waals surface area (Å²) in [7, 11) is 0. The maximum Gasteiger partial charge on any atom is 0.332 e. The third-order valence-electron chi connectivity index (χ3n) is 3.97. The van der Waals surface area contributed by atoms with Gasteiger partial charge in [-0.25, -0.2) is 4.79 Å². The van der Waals surface area contributed by atoms with E-state index in [0.29, 0.717) is 5.56 Å². The third kappa shape index (κ3) is 5.41. The molecule has 0 bridgehead atoms. The van der Waals surface area contributed by atoms with Gasteiger partial charge in [0.1, 0.15) is 5.78 Å². The lowest BCUT2D eigenvalue weighted by Gasteiger charge is -2.12. The van der Waals surface area contributed by atoms with Crippen LogP contribution in [0, 0.1) is 6.92 Å². The molecule has 5 nitrogen and oxygen atoms in total. The van der Waals surface area contributed by atoms with Crippen LogP contribution in [-0.2, 0) is 20.8 Å². The Kier molecular flexibility index (Phi) is 6.44. The highest BCUT2D eigenvalue weighted by Crippen LogP contribution is 2.26. The number of Topliss-reactive ketones (excluding diaryl/α,β-unsaturated/α-hetero) is 1. The first kappa shape index (κ1) is 19.1. The largest absolute Gasteiger partial charge is 0.481 e. The van der Waals surface area contributed by atoms with Crippen LogP contribution in [0.2, 0.25) is 0 Å². The predicted molar refractivity (Wildman–Crippen MR) is 97.8 cm³/mol. The van der Waals surface area contributed by atoms with E-state index in [4.69, 9.17) is 5.11 Å². The zero-order valence-electron chi connectivity index (χ0n) is 14.4. The predicted octanol–water partition coefficient (Wildman–Crippen LogP) is 3.51. The van der Waals surface area contributed by atoms with Crippen LogP contribution in [0.1, 0.15) is 29.5 Å². The fraction of sp³-hybridized carbons (Fsp3) is 0.190. The van der Waals surface area contributed by atoms with Crippen molar-refractivity contribution in [2.24, 2.45) is 0 Å². The highest BCUT2D eigenvalue weighted by Gasteiger charge is 2.21. The van der Waals surface area contributed by atoms with Gasteiger partial charge in [0.2, 0.25) is 0 Å². The monoisotopic (exact) mass is 352 g/mol. The van der Waals surface area contributed by atoms with Crippen LogP contribution in [0.25, 0.3) is 5.57 Å². The Hall–Kier alpha value is -3.21. The Morgan fingerprint density at radius 2 is 1.46 bits per heavy atom. The maximum absolute atomic E-state index is 12.5. The van der Waals surface area contributed by atoms with E-state index in [1.807, 2.05) is 37.3 Å². The molecule has 0 aliphatic carbocycles. The van der Waals surface area contributed by atoms with Crippen molar-refractivity contribution in [3.8, 4) is 0 Å². The second-order valence-electron chi connectivity index (χ2n) is 6.08. The first-order valence-electron chi connectivity index (χ1n) is 8.16. The molecule has 2 N–H and O–H groups in total. The average molecular weight is 352 g/mol. The zero-order valence-corrected chi connectivity index (χ0v) is 14.4. The minimum Gasteiger partial charge on any atom is -0.481 e. The zero-order chi connectivity index (χ0) is 19.1. The number of aliphatic carboxylic acids is 2. The molecular formula is C21H20O5. The van der Waals surface area contributed by atoms with Crippen molar-refractivity contribution in [3.05, 3.63) is 76.9 Å². The van der Waals surface area contributed by atoms with Crippen LogP contribution in [0.4, 0.5) is 0 Å². The molecule has 5 heteroatoms. The molecule has 2 aromatic rings. The lowest BCUT2D eigenvalue weighted by atomic mass is 9.91. The summed E-state index contributed by atoms with van der Waals surface area (Å²) in [6.07, 6.45) is -0.611. The number of allylic oxidation sites excluding steroid dienone is 1. The van der Waals surface area contributed by atoms with Crippen LogP contribution in [0.3, 0.4) is 0 Å². The van der Waals surface area contributed by atoms with Gasteiger partial charge in [-0.15, -0.1) is 0 Å². The van der Waals surface area contributed by atoms with E-state index in [9.17, 15) is 19.5 Å². The van der Waals surface area contributed by atoms with Gasteiger partial charge in [0.05, 0.1) is 12.0 Å². The van der Waals surface area contributed by atoms with Gasteiger partial charge in [0.15, 0.2) is 0 Å². The Morgan fingerprint density at radius 1 is 0.846 bits per heavy atom. The molecule has 0 saturated heterocycles. The topological polar surface area (TPSA) is 91.7 Å². The molecule has 0 unspecified atom stereocenters. The Labute approximate surface area is 151 Å². The van der Waals surface area contributed by atoms with Crippen LogP contribution >= 0.6 is 0 Å². The quantitative estimate of drug-likeness (QED) is 0.709. The smallest absolute Gasteiger partial charge is 0.332 e. The summed E-state index contributed by atoms with van der Waals surface area (Å²) in [5.41, 5.74) is 2.36. The Balaban J connectivity index is 2.39. The molecule has 0 saturated carbocycles. The number of hydrogen-bond acceptors (Lipinski definition) is 3. The summed E-state index contributed by atoms with van der Waals surface area (Å²) in [5, 5.41) is 18.5. The molecule has 0 atom stereocenters. The highest BCUT2D eigenvalue weighted by molar-refractivity contribution is 6.04. The maximum atomic E-state index is 12.5. The molecule has 0 aromatic heterocycles. The van der Waals surface area contributed by atoms with Crippen LogP contribution < -0.4 is 0 Å². The lowest BCUT2D eigenvalue weighted by Crippen LogP contribution is -2.12. The Bertz CT molecular complexity index is 832. The van der Waals surface area contributed by atoms with E-state index in [1.54, 1.807) is 24.3 Å². The van der Waals surface area contributed by atoms with E-state index in [2.05, 4.69) is 0 Å². The number of hydrogen-bond donors (Lipinski definition) is 2. The van der Waals surface area contributed by atoms with Gasteiger partial charge in [-0.2, -0.15) is 0 Å². The number of rotatable bonds is 8. The molecule has 0 spiro atoms. The number of aryl methyl sites for hydroxylation is 1. The van der Waals surface area contributed by atoms with Gasteiger partial charge in [-0.1, -0.05) is 60.2 Å². The minimum atomic E-state index is -1.32. The number of carboxylic acids is 2. The van der Waals surface area contributed by atoms with Gasteiger partial charge in [0.25, 0.3) is 0 Å². The molecule has 2 rings (SSSR count). The number of carbonyl (C=O) groups excluding carboxylic acids is 1. The van der Waals surface area contributed by atoms with Crippen LogP contribution in [0.15, 0.2) is 60.2 Å². The lowest BCUT2D eigenvalue weighted by molar-refractivity contribution is -0.139. The number of carboxylic acid groups (broad SMARTS) is 2. The van der Waals surface area contributed by atoms with Crippen molar-refractivity contribution < 1.29 is 24.6 Å². The summed E-state index contributed by atoms with van der Waals surface area (Å²) in [6, 6.07) is 16.2. The summed E-state index contributed by atoms with van der Waals surface area (Å²) in [5.74, 6) is -2.74. The molecule has 0 aliphatic rings. The average Bonchev–Trinajstić information content (AvgIpc) is 2.59. The second kappa shape index (κ2) is 8.76. The molecule has 134 valence electrons. The molecule has 0 amide bonds. The third-order valence-corrected chi connectivity index (χ3v) is 3.97. The molecule has 0 radical (unpaired) electrons. The Morgan fingerprint density at radius 3 is 2.00 bits per heavy atom. The first-order chi connectivity index (χ1) is 12.4. The summed E-state index contributed by atoms with van der Waals surface area (Å²) >= 11 is 0. The van der Waals surface area contributed by atoms with Crippen molar-refractivity contribution in [1.82, 2.24) is 0 Å².